The predicted molar refractivity (Wildman–Crippen MR) is 368 cm³/mol. The maximum atomic E-state index is 13.0. The first-order chi connectivity index (χ1) is 44.2. The van der Waals surface area contributed by atoms with Gasteiger partial charge in [0.2, 0.25) is 0 Å². The van der Waals surface area contributed by atoms with Gasteiger partial charge in [-0.25, -0.2) is 9.13 Å². The highest BCUT2D eigenvalue weighted by Crippen LogP contribution is 2.45. The molecule has 91 heavy (non-hydrogen) atoms. The number of ether oxygens (including phenoxy) is 4. The fourth-order valence-corrected chi connectivity index (χ4v) is 12.6. The molecular formula is C72H140O17P2. The molecule has 0 bridgehead atoms. The topological polar surface area (TPSA) is 237 Å². The zero-order chi connectivity index (χ0) is 66.8. The molecule has 0 aliphatic heterocycles. The molecule has 0 saturated heterocycles. The van der Waals surface area contributed by atoms with Gasteiger partial charge >= 0.3 is 39.5 Å². The summed E-state index contributed by atoms with van der Waals surface area (Å²) in [5, 5.41) is 10.6. The number of aliphatic hydroxyl groups is 1. The summed E-state index contributed by atoms with van der Waals surface area (Å²) < 4.78 is 68.3. The van der Waals surface area contributed by atoms with E-state index in [1.165, 1.54) is 199 Å². The molecule has 0 aromatic rings. The van der Waals surface area contributed by atoms with Gasteiger partial charge in [-0.2, -0.15) is 0 Å². The molecule has 0 aromatic carbocycles. The lowest BCUT2D eigenvalue weighted by molar-refractivity contribution is -0.161. The van der Waals surface area contributed by atoms with Crippen LogP contribution in [0, 0.1) is 0 Å². The number of aliphatic hydroxyl groups excluding tert-OH is 1. The van der Waals surface area contributed by atoms with E-state index >= 15 is 0 Å². The second kappa shape index (κ2) is 66.7. The molecule has 2 unspecified atom stereocenters. The van der Waals surface area contributed by atoms with Crippen molar-refractivity contribution in [2.75, 3.05) is 39.6 Å². The van der Waals surface area contributed by atoms with Crippen LogP contribution in [0.4, 0.5) is 0 Å². The van der Waals surface area contributed by atoms with Crippen molar-refractivity contribution in [2.45, 2.75) is 399 Å². The van der Waals surface area contributed by atoms with Crippen LogP contribution in [0.1, 0.15) is 381 Å². The molecule has 0 aliphatic carbocycles. The van der Waals surface area contributed by atoms with Crippen LogP contribution in [0.3, 0.4) is 0 Å². The van der Waals surface area contributed by atoms with E-state index in [0.29, 0.717) is 25.7 Å². The number of esters is 4. The Balaban J connectivity index is 5.17. The lowest BCUT2D eigenvalue weighted by atomic mass is 10.0. The van der Waals surface area contributed by atoms with Gasteiger partial charge in [-0.15, -0.1) is 0 Å². The molecule has 0 radical (unpaired) electrons. The van der Waals surface area contributed by atoms with E-state index in [1.807, 2.05) is 0 Å². The monoisotopic (exact) mass is 1340 g/mol. The van der Waals surface area contributed by atoms with Gasteiger partial charge in [-0.1, -0.05) is 329 Å². The summed E-state index contributed by atoms with van der Waals surface area (Å²) in [5.74, 6) is -2.12. The van der Waals surface area contributed by atoms with Crippen molar-refractivity contribution >= 4 is 39.5 Å². The molecule has 0 heterocycles. The SMILES string of the molecule is CCCCCCCCCCCCCCCCCC(=O)OC[C@H](COP(=O)(O)OC[C@H](O)COP(=O)(O)OC[C@@H](COC(=O)CCCCCCCC)OC(=O)CCCCCCCCCCCCCCCCC)OC(=O)CCCCCCCCCCCCCCCCC. The summed E-state index contributed by atoms with van der Waals surface area (Å²) >= 11 is 0. The van der Waals surface area contributed by atoms with Gasteiger partial charge < -0.3 is 33.8 Å². The van der Waals surface area contributed by atoms with Gasteiger partial charge in [0.25, 0.3) is 0 Å². The van der Waals surface area contributed by atoms with Crippen LogP contribution >= 0.6 is 15.6 Å². The van der Waals surface area contributed by atoms with Crippen molar-refractivity contribution in [1.29, 1.82) is 0 Å². The minimum absolute atomic E-state index is 0.108. The number of rotatable bonds is 73. The van der Waals surface area contributed by atoms with Crippen molar-refractivity contribution in [2.24, 2.45) is 0 Å². The van der Waals surface area contributed by atoms with Crippen LogP contribution in [0.2, 0.25) is 0 Å². The van der Waals surface area contributed by atoms with Crippen molar-refractivity contribution in [1.82, 2.24) is 0 Å². The highest BCUT2D eigenvalue weighted by Gasteiger charge is 2.30. The fraction of sp³-hybridized carbons (Fsp3) is 0.944. The van der Waals surface area contributed by atoms with Gasteiger partial charge in [0.15, 0.2) is 12.2 Å². The normalized spacial score (nSPS) is 14.0. The first kappa shape index (κ1) is 89.1. The standard InChI is InChI=1S/C72H140O17P2/c1-5-9-13-17-21-24-27-30-33-36-39-42-45-49-53-57-70(75)83-63-68(89-72(77)59-55-51-47-44-41-38-35-32-29-26-23-19-15-11-7-3)65-87-91(80,81)85-61-66(73)60-84-90(78,79)86-64-67(62-82-69(74)56-52-48-20-16-12-8-4)88-71(76)58-54-50-46-43-40-37-34-31-28-25-22-18-14-10-6-2/h66-68,73H,5-65H2,1-4H3,(H,78,79)(H,80,81)/t66-,67-,68-/m1/s1. The zero-order valence-electron chi connectivity index (χ0n) is 58.8. The van der Waals surface area contributed by atoms with Crippen LogP contribution in [0.15, 0.2) is 0 Å². The average Bonchev–Trinajstić information content (AvgIpc) is 3.55. The molecule has 0 fully saturated rings. The molecule has 0 aliphatic rings. The molecule has 17 nitrogen and oxygen atoms in total. The van der Waals surface area contributed by atoms with Gasteiger partial charge in [0, 0.05) is 25.7 Å². The second-order valence-corrected chi connectivity index (χ2v) is 28.9. The van der Waals surface area contributed by atoms with Crippen molar-refractivity contribution in [3.8, 4) is 0 Å². The Labute approximate surface area is 556 Å². The summed E-state index contributed by atoms with van der Waals surface area (Å²) in [5.41, 5.74) is 0. The maximum Gasteiger partial charge on any atom is 0.472 e. The summed E-state index contributed by atoms with van der Waals surface area (Å²) in [6, 6.07) is 0. The molecule has 5 atom stereocenters. The van der Waals surface area contributed by atoms with Gasteiger partial charge in [0.05, 0.1) is 26.4 Å². The van der Waals surface area contributed by atoms with Gasteiger partial charge in [-0.05, 0) is 25.7 Å². The van der Waals surface area contributed by atoms with E-state index in [-0.39, 0.29) is 25.7 Å². The molecule has 0 aromatic heterocycles. The summed E-state index contributed by atoms with van der Waals surface area (Å²) in [6.07, 6.45) is 55.6. The molecule has 0 rings (SSSR count). The minimum Gasteiger partial charge on any atom is -0.462 e. The lowest BCUT2D eigenvalue weighted by Crippen LogP contribution is -2.30. The summed E-state index contributed by atoms with van der Waals surface area (Å²) in [4.78, 5) is 72.5. The molecule has 0 amide bonds. The Morgan fingerprint density at radius 2 is 0.440 bits per heavy atom. The zero-order valence-corrected chi connectivity index (χ0v) is 60.6. The van der Waals surface area contributed by atoms with E-state index < -0.39 is 97.5 Å². The van der Waals surface area contributed by atoms with Crippen LogP contribution in [-0.4, -0.2) is 96.7 Å². The van der Waals surface area contributed by atoms with Crippen LogP contribution < -0.4 is 0 Å². The molecular weight excluding hydrogens is 1200 g/mol. The minimum atomic E-state index is -4.95. The number of hydrogen-bond donors (Lipinski definition) is 3. The van der Waals surface area contributed by atoms with Gasteiger partial charge in [-0.3, -0.25) is 37.3 Å². The number of unbranched alkanes of at least 4 members (excludes halogenated alkanes) is 47. The van der Waals surface area contributed by atoms with Crippen LogP contribution in [0.5, 0.6) is 0 Å². The third-order valence-corrected chi connectivity index (χ3v) is 18.8. The Morgan fingerprint density at radius 1 is 0.264 bits per heavy atom. The molecule has 0 spiro atoms. The molecule has 0 saturated carbocycles. The van der Waals surface area contributed by atoms with E-state index in [2.05, 4.69) is 27.7 Å². The highest BCUT2D eigenvalue weighted by atomic mass is 31.2. The predicted octanol–water partition coefficient (Wildman–Crippen LogP) is 21.1. The van der Waals surface area contributed by atoms with Crippen LogP contribution in [0.25, 0.3) is 0 Å². The smallest absolute Gasteiger partial charge is 0.462 e. The van der Waals surface area contributed by atoms with Crippen molar-refractivity contribution in [3.63, 3.8) is 0 Å². The molecule has 3 N–H and O–H groups in total. The van der Waals surface area contributed by atoms with Crippen molar-refractivity contribution < 1.29 is 80.2 Å². The Kier molecular flexibility index (Phi) is 65.2. The number of hydrogen-bond acceptors (Lipinski definition) is 15. The number of phosphoric acid groups is 2. The van der Waals surface area contributed by atoms with Crippen LogP contribution in [-0.2, 0) is 65.4 Å². The Hall–Kier alpha value is -1.94. The second-order valence-electron chi connectivity index (χ2n) is 26.0. The van der Waals surface area contributed by atoms with E-state index in [9.17, 15) is 43.2 Å². The summed E-state index contributed by atoms with van der Waals surface area (Å²) in [7, 11) is -9.89. The number of phosphoric ester groups is 2. The average molecular weight is 1340 g/mol. The van der Waals surface area contributed by atoms with Gasteiger partial charge in [0.1, 0.15) is 19.3 Å². The molecule has 540 valence electrons. The fourth-order valence-electron chi connectivity index (χ4n) is 11.0. The number of carbonyl (C=O) groups excluding carboxylic acids is 4. The van der Waals surface area contributed by atoms with Crippen molar-refractivity contribution in [3.05, 3.63) is 0 Å². The Morgan fingerprint density at radius 3 is 0.648 bits per heavy atom. The largest absolute Gasteiger partial charge is 0.472 e. The first-order valence-corrected chi connectivity index (χ1v) is 40.8. The Bertz CT molecular complexity index is 1740. The first-order valence-electron chi connectivity index (χ1n) is 37.8. The third kappa shape index (κ3) is 66.5. The van der Waals surface area contributed by atoms with E-state index in [1.54, 1.807) is 0 Å². The number of carbonyl (C=O) groups is 4. The van der Waals surface area contributed by atoms with E-state index in [4.69, 9.17) is 37.0 Å². The van der Waals surface area contributed by atoms with E-state index in [0.717, 1.165) is 103 Å². The molecule has 19 heteroatoms. The quantitative estimate of drug-likeness (QED) is 0.0222. The maximum absolute atomic E-state index is 13.0. The summed E-state index contributed by atoms with van der Waals surface area (Å²) in [6.45, 7) is 4.91. The third-order valence-electron chi connectivity index (χ3n) is 16.9. The highest BCUT2D eigenvalue weighted by molar-refractivity contribution is 7.47. The lowest BCUT2D eigenvalue weighted by Gasteiger charge is -2.21.